The molecule has 1 N–H and O–H groups in total. The highest BCUT2D eigenvalue weighted by molar-refractivity contribution is 7.09. The molecule has 3 aliphatic rings. The first kappa shape index (κ1) is 21.9. The zero-order valence-electron chi connectivity index (χ0n) is 19.2. The zero-order valence-corrected chi connectivity index (χ0v) is 20.0. The Morgan fingerprint density at radius 3 is 2.62 bits per heavy atom. The lowest BCUT2D eigenvalue weighted by Gasteiger charge is -2.37. The normalized spacial score (nSPS) is 26.8. The number of alkyl halides is 2. The van der Waals surface area contributed by atoms with Crippen LogP contribution in [0.4, 0.5) is 19.9 Å². The summed E-state index contributed by atoms with van der Waals surface area (Å²) in [6.07, 6.45) is 5.10. The Hall–Kier alpha value is -2.56. The molecule has 3 fully saturated rings. The topological polar surface area (TPSA) is 80.5 Å². The fraction of sp³-hybridized carbons (Fsp3) is 0.652. The van der Waals surface area contributed by atoms with Crippen LogP contribution in [0.3, 0.4) is 0 Å². The van der Waals surface area contributed by atoms with Crippen LogP contribution in [-0.4, -0.2) is 55.6 Å². The Morgan fingerprint density at radius 2 is 1.91 bits per heavy atom. The number of hydrogen-bond donors (Lipinski definition) is 1. The van der Waals surface area contributed by atoms with E-state index in [1.165, 1.54) is 24.4 Å². The van der Waals surface area contributed by atoms with Crippen molar-refractivity contribution in [3.05, 3.63) is 24.2 Å². The highest BCUT2D eigenvalue weighted by atomic mass is 32.1. The van der Waals surface area contributed by atoms with Crippen molar-refractivity contribution in [3.63, 3.8) is 0 Å². The molecule has 0 radical (unpaired) electrons. The summed E-state index contributed by atoms with van der Waals surface area (Å²) >= 11 is 1.48. The molecule has 6 rings (SSSR count). The van der Waals surface area contributed by atoms with Crippen LogP contribution < -0.4 is 15.0 Å². The average Bonchev–Trinajstić information content (AvgIpc) is 3.49. The van der Waals surface area contributed by atoms with Gasteiger partial charge in [-0.2, -0.15) is 9.36 Å². The van der Waals surface area contributed by atoms with E-state index < -0.39 is 5.92 Å². The maximum Gasteiger partial charge on any atom is 0.248 e. The van der Waals surface area contributed by atoms with E-state index in [1.807, 2.05) is 25.3 Å². The van der Waals surface area contributed by atoms with Crippen molar-refractivity contribution in [3.8, 4) is 5.75 Å². The molecular formula is C23H29F2N7OS. The van der Waals surface area contributed by atoms with E-state index in [-0.39, 0.29) is 18.8 Å². The molecule has 2 bridgehead atoms. The minimum atomic E-state index is -2.52. The third kappa shape index (κ3) is 4.30. The number of piperidine rings is 1. The number of rotatable bonds is 6. The quantitative estimate of drug-likeness (QED) is 0.549. The molecule has 11 heteroatoms. The Kier molecular flexibility index (Phi) is 5.54. The molecule has 0 aromatic carbocycles. The van der Waals surface area contributed by atoms with Crippen LogP contribution in [-0.2, 0) is 0 Å². The molecule has 34 heavy (non-hydrogen) atoms. The number of nitrogens with one attached hydrogen (secondary N) is 1. The van der Waals surface area contributed by atoms with Gasteiger partial charge in [-0.25, -0.2) is 18.3 Å². The van der Waals surface area contributed by atoms with Gasteiger partial charge in [0.15, 0.2) is 11.4 Å². The van der Waals surface area contributed by atoms with Crippen LogP contribution in [0.25, 0.3) is 5.65 Å². The van der Waals surface area contributed by atoms with Gasteiger partial charge in [0.25, 0.3) is 0 Å². The number of aromatic nitrogens is 5. The smallest absolute Gasteiger partial charge is 0.248 e. The molecule has 2 atom stereocenters. The number of hydrogen-bond acceptors (Lipinski definition) is 8. The number of pyridine rings is 1. The van der Waals surface area contributed by atoms with Crippen LogP contribution in [0.5, 0.6) is 5.75 Å². The summed E-state index contributed by atoms with van der Waals surface area (Å²) in [5.41, 5.74) is 0.653. The number of ether oxygens (including phenoxy) is 1. The van der Waals surface area contributed by atoms with Gasteiger partial charge in [-0.05, 0) is 62.5 Å². The Bertz CT molecular complexity index is 1140. The van der Waals surface area contributed by atoms with Crippen LogP contribution in [0, 0.1) is 24.7 Å². The fourth-order valence-electron chi connectivity index (χ4n) is 5.71. The largest absolute Gasteiger partial charge is 0.489 e. The average molecular weight is 490 g/mol. The van der Waals surface area contributed by atoms with Crippen molar-refractivity contribution in [1.82, 2.24) is 24.0 Å². The van der Waals surface area contributed by atoms with Crippen molar-refractivity contribution in [1.29, 1.82) is 0 Å². The summed E-state index contributed by atoms with van der Waals surface area (Å²) in [5, 5.41) is 9.27. The van der Waals surface area contributed by atoms with Crippen molar-refractivity contribution in [2.75, 3.05) is 29.9 Å². The van der Waals surface area contributed by atoms with Crippen molar-refractivity contribution >= 4 is 28.3 Å². The van der Waals surface area contributed by atoms with Crippen molar-refractivity contribution < 1.29 is 13.5 Å². The van der Waals surface area contributed by atoms with Gasteiger partial charge in [-0.15, -0.1) is 5.10 Å². The van der Waals surface area contributed by atoms with Gasteiger partial charge < -0.3 is 15.0 Å². The molecular weight excluding hydrogens is 460 g/mol. The standard InChI is InChI=1S/C23H29F2N7OS/c1-14-26-22(34-30-14)31-11-16-4-5-17(12-31)19(16)27-21-28-20-18(3-2-10-32(20)29-21)33-13-15-6-8-23(24,25)9-7-15/h2-3,10,15-17,19H,4-9,11-13H2,1H3,(H,27,29). The van der Waals surface area contributed by atoms with E-state index in [4.69, 9.17) is 9.72 Å². The van der Waals surface area contributed by atoms with Gasteiger partial charge in [-0.3, -0.25) is 0 Å². The summed E-state index contributed by atoms with van der Waals surface area (Å²) in [5.74, 6) is 0.735. The Labute approximate surface area is 200 Å². The van der Waals surface area contributed by atoms with Gasteiger partial charge in [-0.1, -0.05) is 0 Å². The summed E-state index contributed by atoms with van der Waals surface area (Å²) in [6, 6.07) is 4.08. The SMILES string of the molecule is Cc1nsc(N2CC3CCC(C2)C3Nc2nc3c(OCC4CCC(F)(F)CC4)cccn3n2)n1. The molecule has 4 heterocycles. The third-order valence-electron chi connectivity index (χ3n) is 7.55. The van der Waals surface area contributed by atoms with Gasteiger partial charge >= 0.3 is 0 Å². The summed E-state index contributed by atoms with van der Waals surface area (Å²) in [4.78, 5) is 11.7. The summed E-state index contributed by atoms with van der Waals surface area (Å²) in [6.45, 7) is 4.29. The van der Waals surface area contributed by atoms with Crippen molar-refractivity contribution in [2.24, 2.45) is 17.8 Å². The predicted octanol–water partition coefficient (Wildman–Crippen LogP) is 4.42. The van der Waals surface area contributed by atoms with Crippen LogP contribution in [0.15, 0.2) is 18.3 Å². The lowest BCUT2D eigenvalue weighted by atomic mass is 9.87. The first-order valence-electron chi connectivity index (χ1n) is 12.1. The van der Waals surface area contributed by atoms with E-state index in [9.17, 15) is 8.78 Å². The first-order valence-corrected chi connectivity index (χ1v) is 12.9. The second kappa shape index (κ2) is 8.58. The van der Waals surface area contributed by atoms with E-state index >= 15 is 0 Å². The number of anilines is 2. The third-order valence-corrected chi connectivity index (χ3v) is 8.42. The van der Waals surface area contributed by atoms with E-state index in [2.05, 4.69) is 24.7 Å². The lowest BCUT2D eigenvalue weighted by molar-refractivity contribution is -0.0498. The van der Waals surface area contributed by atoms with E-state index in [0.717, 1.165) is 24.0 Å². The van der Waals surface area contributed by atoms with Gasteiger partial charge in [0.2, 0.25) is 17.0 Å². The number of fused-ring (bicyclic) bond motifs is 3. The van der Waals surface area contributed by atoms with Crippen LogP contribution >= 0.6 is 11.5 Å². The predicted molar refractivity (Wildman–Crippen MR) is 126 cm³/mol. The minimum Gasteiger partial charge on any atom is -0.489 e. The van der Waals surface area contributed by atoms with Gasteiger partial charge in [0, 0.05) is 49.7 Å². The fourth-order valence-corrected chi connectivity index (χ4v) is 6.40. The molecule has 1 aliphatic heterocycles. The molecule has 2 aliphatic carbocycles. The molecule has 3 aromatic rings. The molecule has 2 saturated carbocycles. The maximum atomic E-state index is 13.4. The van der Waals surface area contributed by atoms with Gasteiger partial charge in [0.1, 0.15) is 5.82 Å². The molecule has 182 valence electrons. The molecule has 1 saturated heterocycles. The van der Waals surface area contributed by atoms with Gasteiger partial charge in [0.05, 0.1) is 6.61 Å². The highest BCUT2D eigenvalue weighted by Crippen LogP contribution is 2.40. The molecule has 0 amide bonds. The first-order chi connectivity index (χ1) is 16.4. The number of nitrogens with zero attached hydrogens (tertiary/aromatic N) is 6. The van der Waals surface area contributed by atoms with Crippen molar-refractivity contribution in [2.45, 2.75) is 57.4 Å². The Morgan fingerprint density at radius 1 is 1.15 bits per heavy atom. The monoisotopic (exact) mass is 489 g/mol. The highest BCUT2D eigenvalue weighted by Gasteiger charge is 2.43. The summed E-state index contributed by atoms with van der Waals surface area (Å²) in [7, 11) is 0. The lowest BCUT2D eigenvalue weighted by Crippen LogP contribution is -2.48. The number of aryl methyl sites for hydroxylation is 1. The summed E-state index contributed by atoms with van der Waals surface area (Å²) < 4.78 is 39.0. The maximum absolute atomic E-state index is 13.4. The Balaban J connectivity index is 1.12. The second-order valence-corrected chi connectivity index (χ2v) is 10.7. The molecule has 8 nitrogen and oxygen atoms in total. The van der Waals surface area contributed by atoms with Crippen LogP contribution in [0.1, 0.15) is 44.3 Å². The van der Waals surface area contributed by atoms with E-state index in [0.29, 0.717) is 54.7 Å². The molecule has 3 aromatic heterocycles. The molecule has 0 spiro atoms. The minimum absolute atomic E-state index is 0.0515. The van der Waals surface area contributed by atoms with E-state index in [1.54, 1.807) is 4.52 Å². The van der Waals surface area contributed by atoms with Crippen LogP contribution in [0.2, 0.25) is 0 Å². The number of halogens is 2. The second-order valence-electron chi connectivity index (χ2n) is 9.98. The zero-order chi connectivity index (χ0) is 23.3. The molecule has 2 unspecified atom stereocenters.